The predicted octanol–water partition coefficient (Wildman–Crippen LogP) is 1.84. The highest BCUT2D eigenvalue weighted by molar-refractivity contribution is 8.00. The van der Waals surface area contributed by atoms with Gasteiger partial charge in [0.15, 0.2) is 9.84 Å². The number of carbonyl (C=O) groups is 1. The Morgan fingerprint density at radius 3 is 2.90 bits per heavy atom. The highest BCUT2D eigenvalue weighted by atomic mass is 32.2. The lowest BCUT2D eigenvalue weighted by molar-refractivity contribution is -0.139. The van der Waals surface area contributed by atoms with E-state index in [1.807, 2.05) is 12.1 Å². The second-order valence-electron chi connectivity index (χ2n) is 4.65. The lowest BCUT2D eigenvalue weighted by Crippen LogP contribution is -2.14. The molecule has 0 unspecified atom stereocenters. The van der Waals surface area contributed by atoms with Crippen LogP contribution in [-0.4, -0.2) is 45.1 Å². The van der Waals surface area contributed by atoms with Crippen LogP contribution < -0.4 is 5.32 Å². The highest BCUT2D eigenvalue weighted by Crippen LogP contribution is 2.36. The molecule has 0 bridgehead atoms. The number of fused-ring (bicyclic) bond motifs is 1. The largest absolute Gasteiger partial charge is 0.469 e. The van der Waals surface area contributed by atoms with Gasteiger partial charge in [-0.3, -0.25) is 9.79 Å². The molecule has 1 aliphatic heterocycles. The van der Waals surface area contributed by atoms with Gasteiger partial charge >= 0.3 is 5.97 Å². The molecule has 0 radical (unpaired) electrons. The number of hydrogen-bond donors (Lipinski definition) is 1. The Hall–Kier alpha value is -1.54. The Labute approximate surface area is 127 Å². The molecule has 0 saturated carbocycles. The van der Waals surface area contributed by atoms with E-state index < -0.39 is 9.84 Å². The third-order valence-corrected chi connectivity index (χ3v) is 4.53. The zero-order valence-electron chi connectivity index (χ0n) is 11.8. The number of anilines is 1. The third kappa shape index (κ3) is 4.75. The number of ether oxygens (including phenoxy) is 1. The SMILES string of the molecule is COC(=O)CC1=Nc2ccc(NCS(C)(=O)=O)cc2SC1. The summed E-state index contributed by atoms with van der Waals surface area (Å²) >= 11 is 1.57. The van der Waals surface area contributed by atoms with E-state index >= 15 is 0 Å². The first-order chi connectivity index (χ1) is 9.87. The van der Waals surface area contributed by atoms with Gasteiger partial charge in [-0.25, -0.2) is 8.42 Å². The molecule has 0 aliphatic carbocycles. The Bertz CT molecular complexity index is 683. The second kappa shape index (κ2) is 6.48. The van der Waals surface area contributed by atoms with Crippen LogP contribution in [0.25, 0.3) is 0 Å². The van der Waals surface area contributed by atoms with E-state index in [4.69, 9.17) is 0 Å². The maximum Gasteiger partial charge on any atom is 0.311 e. The molecule has 0 aromatic heterocycles. The molecular formula is C13H16N2O4S2. The Morgan fingerprint density at radius 1 is 1.48 bits per heavy atom. The van der Waals surface area contributed by atoms with Crippen LogP contribution in [-0.2, 0) is 19.4 Å². The number of rotatable bonds is 5. The fraction of sp³-hybridized carbons (Fsp3) is 0.385. The van der Waals surface area contributed by atoms with Crippen molar-refractivity contribution < 1.29 is 17.9 Å². The van der Waals surface area contributed by atoms with Crippen LogP contribution in [0.2, 0.25) is 0 Å². The van der Waals surface area contributed by atoms with Crippen LogP contribution in [0.15, 0.2) is 28.1 Å². The first-order valence-electron chi connectivity index (χ1n) is 6.19. The van der Waals surface area contributed by atoms with E-state index in [9.17, 15) is 13.2 Å². The fourth-order valence-electron chi connectivity index (χ4n) is 1.74. The number of sulfone groups is 1. The molecule has 1 heterocycles. The van der Waals surface area contributed by atoms with Gasteiger partial charge in [0.2, 0.25) is 0 Å². The third-order valence-electron chi connectivity index (χ3n) is 2.75. The molecule has 1 aromatic carbocycles. The molecule has 0 spiro atoms. The molecule has 1 N–H and O–H groups in total. The van der Waals surface area contributed by atoms with Gasteiger partial charge in [-0.2, -0.15) is 0 Å². The number of benzene rings is 1. The second-order valence-corrected chi connectivity index (χ2v) is 7.81. The molecule has 0 saturated heterocycles. The summed E-state index contributed by atoms with van der Waals surface area (Å²) in [5.41, 5.74) is 2.30. The number of hydrogen-bond acceptors (Lipinski definition) is 7. The summed E-state index contributed by atoms with van der Waals surface area (Å²) in [4.78, 5) is 16.6. The van der Waals surface area contributed by atoms with Crippen LogP contribution in [0.5, 0.6) is 0 Å². The van der Waals surface area contributed by atoms with Gasteiger partial charge in [-0.15, -0.1) is 11.8 Å². The van der Waals surface area contributed by atoms with Crippen LogP contribution in [0.3, 0.4) is 0 Å². The minimum absolute atomic E-state index is 0.104. The van der Waals surface area contributed by atoms with Crippen molar-refractivity contribution >= 4 is 44.7 Å². The fourth-order valence-corrected chi connectivity index (χ4v) is 3.13. The molecule has 8 heteroatoms. The summed E-state index contributed by atoms with van der Waals surface area (Å²) in [6.07, 6.45) is 1.37. The molecule has 1 aromatic rings. The molecule has 0 amide bonds. The number of aliphatic imine (C=N–C) groups is 1. The van der Waals surface area contributed by atoms with E-state index in [1.165, 1.54) is 13.4 Å². The minimum atomic E-state index is -3.07. The topological polar surface area (TPSA) is 84.8 Å². The van der Waals surface area contributed by atoms with Crippen molar-refractivity contribution in [3.63, 3.8) is 0 Å². The van der Waals surface area contributed by atoms with Gasteiger partial charge in [0.25, 0.3) is 0 Å². The Morgan fingerprint density at radius 2 is 2.24 bits per heavy atom. The maximum absolute atomic E-state index is 11.2. The average Bonchev–Trinajstić information content (AvgIpc) is 2.44. The van der Waals surface area contributed by atoms with Crippen LogP contribution in [0, 0.1) is 0 Å². The van der Waals surface area contributed by atoms with Crippen molar-refractivity contribution in [1.82, 2.24) is 0 Å². The van der Waals surface area contributed by atoms with Gasteiger partial charge in [0.05, 0.1) is 19.2 Å². The zero-order valence-corrected chi connectivity index (χ0v) is 13.4. The predicted molar refractivity (Wildman–Crippen MR) is 84.2 cm³/mol. The number of nitrogens with one attached hydrogen (secondary N) is 1. The maximum atomic E-state index is 11.2. The standard InChI is InChI=1S/C13H16N2O4S2/c1-19-13(16)6-10-7-20-12-5-9(3-4-11(12)15-10)14-8-21(2,17)18/h3-5,14H,6-8H2,1-2H3. The van der Waals surface area contributed by atoms with Gasteiger partial charge in [-0.05, 0) is 18.2 Å². The molecule has 6 nitrogen and oxygen atoms in total. The van der Waals surface area contributed by atoms with E-state index in [2.05, 4.69) is 15.0 Å². The average molecular weight is 328 g/mol. The molecule has 1 aliphatic rings. The summed E-state index contributed by atoms with van der Waals surface area (Å²) in [5, 5.41) is 2.86. The van der Waals surface area contributed by atoms with Crippen molar-refractivity contribution in [1.29, 1.82) is 0 Å². The lowest BCUT2D eigenvalue weighted by atomic mass is 10.2. The van der Waals surface area contributed by atoms with Crippen molar-refractivity contribution in [2.24, 2.45) is 4.99 Å². The minimum Gasteiger partial charge on any atom is -0.469 e. The Kier molecular flexibility index (Phi) is 4.89. The number of carbonyl (C=O) groups excluding carboxylic acids is 1. The lowest BCUT2D eigenvalue weighted by Gasteiger charge is -2.16. The molecule has 0 fully saturated rings. The molecule has 2 rings (SSSR count). The van der Waals surface area contributed by atoms with Crippen molar-refractivity contribution in [3.8, 4) is 0 Å². The first-order valence-corrected chi connectivity index (χ1v) is 9.24. The van der Waals surface area contributed by atoms with E-state index in [-0.39, 0.29) is 18.3 Å². The van der Waals surface area contributed by atoms with E-state index in [0.717, 1.165) is 22.0 Å². The van der Waals surface area contributed by atoms with Crippen molar-refractivity contribution in [2.45, 2.75) is 11.3 Å². The molecular weight excluding hydrogens is 312 g/mol. The summed E-state index contributed by atoms with van der Waals surface area (Å²) < 4.78 is 26.9. The van der Waals surface area contributed by atoms with Crippen molar-refractivity contribution in [3.05, 3.63) is 18.2 Å². The van der Waals surface area contributed by atoms with E-state index in [0.29, 0.717) is 5.75 Å². The molecule has 21 heavy (non-hydrogen) atoms. The number of nitrogens with zero attached hydrogens (tertiary/aromatic N) is 1. The summed E-state index contributed by atoms with van der Waals surface area (Å²) in [7, 11) is -1.71. The monoisotopic (exact) mass is 328 g/mol. The summed E-state index contributed by atoms with van der Waals surface area (Å²) in [6.45, 7) is 0. The van der Waals surface area contributed by atoms with Gasteiger partial charge in [-0.1, -0.05) is 0 Å². The Balaban J connectivity index is 2.11. The molecule has 114 valence electrons. The van der Waals surface area contributed by atoms with Crippen molar-refractivity contribution in [2.75, 3.05) is 30.3 Å². The van der Waals surface area contributed by atoms with Crippen LogP contribution in [0.4, 0.5) is 11.4 Å². The summed E-state index contributed by atoms with van der Waals surface area (Å²) in [5.74, 6) is 0.217. The van der Waals surface area contributed by atoms with Crippen LogP contribution >= 0.6 is 11.8 Å². The summed E-state index contributed by atoms with van der Waals surface area (Å²) in [6, 6.07) is 5.45. The van der Waals surface area contributed by atoms with E-state index in [1.54, 1.807) is 17.8 Å². The number of thioether (sulfide) groups is 1. The number of esters is 1. The number of methoxy groups -OCH3 is 1. The van der Waals surface area contributed by atoms with Crippen LogP contribution in [0.1, 0.15) is 6.42 Å². The van der Waals surface area contributed by atoms with Gasteiger partial charge in [0, 0.05) is 28.3 Å². The quantitative estimate of drug-likeness (QED) is 0.830. The van der Waals surface area contributed by atoms with Gasteiger partial charge < -0.3 is 10.1 Å². The zero-order chi connectivity index (χ0) is 15.5. The first kappa shape index (κ1) is 15.8. The molecule has 0 atom stereocenters. The highest BCUT2D eigenvalue weighted by Gasteiger charge is 2.16. The smallest absolute Gasteiger partial charge is 0.311 e. The normalized spacial score (nSPS) is 14.1. The van der Waals surface area contributed by atoms with Gasteiger partial charge in [0.1, 0.15) is 5.88 Å².